The second kappa shape index (κ2) is 6.54. The van der Waals surface area contributed by atoms with E-state index in [-0.39, 0.29) is 37.1 Å². The molecule has 21 heavy (non-hydrogen) atoms. The lowest BCUT2D eigenvalue weighted by atomic mass is 10.1. The first-order valence-electron chi connectivity index (χ1n) is 6.99. The summed E-state index contributed by atoms with van der Waals surface area (Å²) >= 11 is 0. The Bertz CT molecular complexity index is 518. The highest BCUT2D eigenvalue weighted by Gasteiger charge is 2.30. The molecule has 1 saturated carbocycles. The molecule has 2 aliphatic rings. The minimum atomic E-state index is 0. The van der Waals surface area contributed by atoms with E-state index in [1.165, 1.54) is 0 Å². The number of benzene rings is 1. The van der Waals surface area contributed by atoms with Crippen molar-refractivity contribution in [2.75, 3.05) is 27.4 Å². The highest BCUT2D eigenvalue weighted by Crippen LogP contribution is 2.35. The molecule has 0 saturated heterocycles. The lowest BCUT2D eigenvalue weighted by molar-refractivity contribution is -0.122. The molecular weight excluding hydrogens is 292 g/mol. The second-order valence-electron chi connectivity index (χ2n) is 5.61. The van der Waals surface area contributed by atoms with Crippen LogP contribution in [-0.4, -0.2) is 38.2 Å². The normalized spacial score (nSPS) is 17.3. The van der Waals surface area contributed by atoms with Crippen molar-refractivity contribution in [1.82, 2.24) is 10.2 Å². The maximum Gasteiger partial charge on any atom is 0.231 e. The van der Waals surface area contributed by atoms with E-state index in [1.807, 2.05) is 32.3 Å². The van der Waals surface area contributed by atoms with Gasteiger partial charge in [-0.2, -0.15) is 0 Å². The maximum absolute atomic E-state index is 11.8. The van der Waals surface area contributed by atoms with Gasteiger partial charge in [-0.05, 0) is 44.6 Å². The van der Waals surface area contributed by atoms with E-state index < -0.39 is 0 Å². The summed E-state index contributed by atoms with van der Waals surface area (Å²) in [7, 11) is 4.02. The van der Waals surface area contributed by atoms with Crippen LogP contribution in [0.2, 0.25) is 0 Å². The standard InChI is InChI=1S/C15H20N2O3.ClH/c1-17(2)12(8-16-15(18)10-3-4-10)11-5-6-13-14(7-11)20-9-19-13;/h5-7,10,12H,3-4,8-9H2,1-2H3,(H,16,18);1H. The van der Waals surface area contributed by atoms with Crippen LogP contribution in [0.5, 0.6) is 11.5 Å². The van der Waals surface area contributed by atoms with Gasteiger partial charge in [-0.1, -0.05) is 6.07 Å². The van der Waals surface area contributed by atoms with Crippen LogP contribution in [0.25, 0.3) is 0 Å². The molecule has 6 heteroatoms. The quantitative estimate of drug-likeness (QED) is 0.903. The molecule has 1 aliphatic heterocycles. The Labute approximate surface area is 131 Å². The summed E-state index contributed by atoms with van der Waals surface area (Å²) in [5.41, 5.74) is 1.12. The zero-order valence-corrected chi connectivity index (χ0v) is 13.1. The number of nitrogens with zero attached hydrogens (tertiary/aromatic N) is 1. The van der Waals surface area contributed by atoms with Crippen molar-refractivity contribution in [3.8, 4) is 11.5 Å². The van der Waals surface area contributed by atoms with E-state index in [0.29, 0.717) is 6.54 Å². The summed E-state index contributed by atoms with van der Waals surface area (Å²) in [6.07, 6.45) is 2.06. The van der Waals surface area contributed by atoms with Gasteiger partial charge in [0.2, 0.25) is 12.7 Å². The number of hydrogen-bond acceptors (Lipinski definition) is 4. The number of amides is 1. The number of likely N-dealkylation sites (N-methyl/N-ethyl adjacent to an activating group) is 1. The Morgan fingerprint density at radius 1 is 1.33 bits per heavy atom. The van der Waals surface area contributed by atoms with E-state index in [4.69, 9.17) is 9.47 Å². The zero-order chi connectivity index (χ0) is 14.1. The third-order valence-corrected chi connectivity index (χ3v) is 3.82. The van der Waals surface area contributed by atoms with E-state index in [1.54, 1.807) is 0 Å². The van der Waals surface area contributed by atoms with Gasteiger partial charge in [-0.3, -0.25) is 4.79 Å². The van der Waals surface area contributed by atoms with Gasteiger partial charge in [-0.25, -0.2) is 0 Å². The molecular formula is C15H21ClN2O3. The van der Waals surface area contributed by atoms with E-state index >= 15 is 0 Å². The molecule has 5 nitrogen and oxygen atoms in total. The lowest BCUT2D eigenvalue weighted by Crippen LogP contribution is -2.35. The molecule has 0 radical (unpaired) electrons. The Morgan fingerprint density at radius 3 is 2.71 bits per heavy atom. The second-order valence-corrected chi connectivity index (χ2v) is 5.61. The number of carbonyl (C=O) groups is 1. The fourth-order valence-electron chi connectivity index (χ4n) is 2.41. The number of ether oxygens (including phenoxy) is 2. The van der Waals surface area contributed by atoms with Crippen LogP contribution >= 0.6 is 12.4 Å². The molecule has 0 spiro atoms. The van der Waals surface area contributed by atoms with Gasteiger partial charge in [-0.15, -0.1) is 12.4 Å². The molecule has 116 valence electrons. The Balaban J connectivity index is 0.00000161. The summed E-state index contributed by atoms with van der Waals surface area (Å²) in [5, 5.41) is 3.04. The van der Waals surface area contributed by atoms with Crippen molar-refractivity contribution in [3.05, 3.63) is 23.8 Å². The summed E-state index contributed by atoms with van der Waals surface area (Å²) in [6, 6.07) is 6.08. The summed E-state index contributed by atoms with van der Waals surface area (Å²) in [4.78, 5) is 13.9. The fourth-order valence-corrected chi connectivity index (χ4v) is 2.41. The molecule has 1 aromatic rings. The van der Waals surface area contributed by atoms with E-state index in [9.17, 15) is 4.79 Å². The molecule has 1 fully saturated rings. The fraction of sp³-hybridized carbons (Fsp3) is 0.533. The molecule has 1 unspecified atom stereocenters. The zero-order valence-electron chi connectivity index (χ0n) is 12.3. The third-order valence-electron chi connectivity index (χ3n) is 3.82. The first-order valence-corrected chi connectivity index (χ1v) is 6.99. The van der Waals surface area contributed by atoms with Gasteiger partial charge in [0, 0.05) is 12.5 Å². The van der Waals surface area contributed by atoms with Crippen molar-refractivity contribution in [2.24, 2.45) is 5.92 Å². The molecule has 1 amide bonds. The van der Waals surface area contributed by atoms with Gasteiger partial charge >= 0.3 is 0 Å². The first-order chi connectivity index (χ1) is 9.65. The van der Waals surface area contributed by atoms with Crippen LogP contribution in [0.1, 0.15) is 24.4 Å². The van der Waals surface area contributed by atoms with Crippen LogP contribution in [-0.2, 0) is 4.79 Å². The van der Waals surface area contributed by atoms with Crippen molar-refractivity contribution in [1.29, 1.82) is 0 Å². The van der Waals surface area contributed by atoms with E-state index in [2.05, 4.69) is 10.2 Å². The minimum Gasteiger partial charge on any atom is -0.454 e. The van der Waals surface area contributed by atoms with Crippen LogP contribution in [0.4, 0.5) is 0 Å². The van der Waals surface area contributed by atoms with Crippen LogP contribution in [0.3, 0.4) is 0 Å². The number of fused-ring (bicyclic) bond motifs is 1. The predicted octanol–water partition coefficient (Wildman–Crippen LogP) is 1.97. The van der Waals surface area contributed by atoms with Crippen molar-refractivity contribution in [3.63, 3.8) is 0 Å². The smallest absolute Gasteiger partial charge is 0.231 e. The maximum atomic E-state index is 11.8. The van der Waals surface area contributed by atoms with Crippen LogP contribution in [0, 0.1) is 5.92 Å². The summed E-state index contributed by atoms with van der Waals surface area (Å²) < 4.78 is 10.7. The molecule has 1 heterocycles. The molecule has 1 aliphatic carbocycles. The molecule has 1 atom stereocenters. The highest BCUT2D eigenvalue weighted by atomic mass is 35.5. The minimum absolute atomic E-state index is 0. The first kappa shape index (κ1) is 15.9. The Hall–Kier alpha value is -1.46. The average Bonchev–Trinajstić information content (AvgIpc) is 3.17. The number of halogens is 1. The number of hydrogen-bond donors (Lipinski definition) is 1. The lowest BCUT2D eigenvalue weighted by Gasteiger charge is -2.25. The van der Waals surface area contributed by atoms with Gasteiger partial charge < -0.3 is 19.7 Å². The molecule has 0 aromatic heterocycles. The molecule has 0 bridgehead atoms. The Morgan fingerprint density at radius 2 is 2.05 bits per heavy atom. The SMILES string of the molecule is CN(C)C(CNC(=O)C1CC1)c1ccc2c(c1)OCO2.Cl. The van der Waals surface area contributed by atoms with Crippen LogP contribution < -0.4 is 14.8 Å². The monoisotopic (exact) mass is 312 g/mol. The van der Waals surface area contributed by atoms with Crippen LogP contribution in [0.15, 0.2) is 18.2 Å². The van der Waals surface area contributed by atoms with Gasteiger partial charge in [0.25, 0.3) is 0 Å². The molecule has 1 N–H and O–H groups in total. The van der Waals surface area contributed by atoms with Crippen molar-refractivity contribution < 1.29 is 14.3 Å². The number of rotatable bonds is 5. The molecule has 1 aromatic carbocycles. The summed E-state index contributed by atoms with van der Waals surface area (Å²) in [5.74, 6) is 1.99. The number of carbonyl (C=O) groups excluding carboxylic acids is 1. The highest BCUT2D eigenvalue weighted by molar-refractivity contribution is 5.85. The summed E-state index contributed by atoms with van der Waals surface area (Å²) in [6.45, 7) is 0.895. The topological polar surface area (TPSA) is 50.8 Å². The average molecular weight is 313 g/mol. The predicted molar refractivity (Wildman–Crippen MR) is 82.0 cm³/mol. The van der Waals surface area contributed by atoms with Gasteiger partial charge in [0.1, 0.15) is 0 Å². The van der Waals surface area contributed by atoms with Crippen molar-refractivity contribution >= 4 is 18.3 Å². The van der Waals surface area contributed by atoms with Gasteiger partial charge in [0.05, 0.1) is 6.04 Å². The van der Waals surface area contributed by atoms with E-state index in [0.717, 1.165) is 29.9 Å². The Kier molecular flexibility index (Phi) is 4.96. The van der Waals surface area contributed by atoms with Gasteiger partial charge in [0.15, 0.2) is 11.5 Å². The number of nitrogens with one attached hydrogen (secondary N) is 1. The molecule has 3 rings (SSSR count). The van der Waals surface area contributed by atoms with Crippen molar-refractivity contribution in [2.45, 2.75) is 18.9 Å². The third kappa shape index (κ3) is 3.60. The largest absolute Gasteiger partial charge is 0.454 e.